The van der Waals surface area contributed by atoms with Crippen molar-refractivity contribution in [3.05, 3.63) is 102 Å². The summed E-state index contributed by atoms with van der Waals surface area (Å²) in [6.07, 6.45) is 3.22. The van der Waals surface area contributed by atoms with E-state index in [1.165, 1.54) is 0 Å². The molecule has 0 spiro atoms. The molecule has 3 aromatic carbocycles. The molecule has 0 N–H and O–H groups in total. The van der Waals surface area contributed by atoms with E-state index in [-0.39, 0.29) is 0 Å². The zero-order chi connectivity index (χ0) is 17.3. The second-order valence-electron chi connectivity index (χ2n) is 5.08. The molecule has 124 valence electrons. The molecule has 0 aliphatic carbocycles. The number of para-hydroxylation sites is 2. The zero-order valence-corrected chi connectivity index (χ0v) is 14.1. The number of aliphatic imine (C=N–C) groups is 1. The molecule has 0 unspecified atom stereocenters. The van der Waals surface area contributed by atoms with Crippen LogP contribution in [0, 0.1) is 0 Å². The summed E-state index contributed by atoms with van der Waals surface area (Å²) >= 11 is 5.92. The molecule has 0 fully saturated rings. The third-order valence-electron chi connectivity index (χ3n) is 3.19. The van der Waals surface area contributed by atoms with Crippen LogP contribution in [-0.2, 0) is 0 Å². The highest BCUT2D eigenvalue weighted by atomic mass is 35.5. The first-order valence-electron chi connectivity index (χ1n) is 7.75. The predicted octanol–water partition coefficient (Wildman–Crippen LogP) is 6.04. The molecule has 3 nitrogen and oxygen atoms in total. The van der Waals surface area contributed by atoms with E-state index in [0.29, 0.717) is 16.7 Å². The minimum absolute atomic E-state index is 0.407. The van der Waals surface area contributed by atoms with Crippen LogP contribution in [-0.4, -0.2) is 5.90 Å². The Morgan fingerprint density at radius 3 is 2.00 bits per heavy atom. The Morgan fingerprint density at radius 1 is 0.760 bits per heavy atom. The Morgan fingerprint density at radius 2 is 1.36 bits per heavy atom. The maximum atomic E-state index is 5.92. The van der Waals surface area contributed by atoms with Crippen LogP contribution in [0.4, 0.5) is 5.69 Å². The molecule has 0 saturated heterocycles. The van der Waals surface area contributed by atoms with Crippen molar-refractivity contribution in [3.8, 4) is 11.5 Å². The third kappa shape index (κ3) is 5.52. The summed E-state index contributed by atoms with van der Waals surface area (Å²) in [5.41, 5.74) is 0.736. The van der Waals surface area contributed by atoms with E-state index in [0.717, 1.165) is 11.4 Å². The van der Waals surface area contributed by atoms with E-state index < -0.39 is 0 Å². The van der Waals surface area contributed by atoms with Crippen LogP contribution in [0.5, 0.6) is 11.5 Å². The van der Waals surface area contributed by atoms with Crippen LogP contribution >= 0.6 is 11.6 Å². The summed E-state index contributed by atoms with van der Waals surface area (Å²) in [5.74, 6) is 1.84. The largest absolute Gasteiger partial charge is 0.465 e. The lowest BCUT2D eigenvalue weighted by Gasteiger charge is -2.06. The van der Waals surface area contributed by atoms with Crippen LogP contribution in [0.15, 0.2) is 102 Å². The number of hydrogen-bond donors (Lipinski definition) is 0. The van der Waals surface area contributed by atoms with Crippen molar-refractivity contribution < 1.29 is 9.47 Å². The lowest BCUT2D eigenvalue weighted by atomic mass is 10.3. The van der Waals surface area contributed by atoms with Crippen LogP contribution in [0.25, 0.3) is 0 Å². The molecule has 0 aliphatic heterocycles. The lowest BCUT2D eigenvalue weighted by Crippen LogP contribution is -2.05. The van der Waals surface area contributed by atoms with Gasteiger partial charge in [-0.15, -0.1) is 0 Å². The highest BCUT2D eigenvalue weighted by Gasteiger charge is 2.01. The normalized spacial score (nSPS) is 11.5. The molecular formula is C21H16ClNO2. The van der Waals surface area contributed by atoms with Gasteiger partial charge in [0.1, 0.15) is 11.5 Å². The predicted molar refractivity (Wildman–Crippen MR) is 102 cm³/mol. The van der Waals surface area contributed by atoms with E-state index >= 15 is 0 Å². The Kier molecular flexibility index (Phi) is 5.86. The van der Waals surface area contributed by atoms with E-state index in [1.54, 1.807) is 24.5 Å². The molecule has 0 heterocycles. The fourth-order valence-electron chi connectivity index (χ4n) is 2.02. The van der Waals surface area contributed by atoms with Crippen molar-refractivity contribution in [3.63, 3.8) is 0 Å². The minimum atomic E-state index is 0.407. The van der Waals surface area contributed by atoms with E-state index in [9.17, 15) is 0 Å². The highest BCUT2D eigenvalue weighted by Crippen LogP contribution is 2.18. The van der Waals surface area contributed by atoms with Crippen molar-refractivity contribution in [2.45, 2.75) is 0 Å². The van der Waals surface area contributed by atoms with Crippen molar-refractivity contribution in [1.29, 1.82) is 0 Å². The summed E-state index contributed by atoms with van der Waals surface area (Å²) in [6, 6.07) is 26.2. The van der Waals surface area contributed by atoms with Gasteiger partial charge in [0.2, 0.25) is 5.90 Å². The van der Waals surface area contributed by atoms with Crippen molar-refractivity contribution >= 4 is 23.2 Å². The van der Waals surface area contributed by atoms with Gasteiger partial charge in [-0.2, -0.15) is 0 Å². The van der Waals surface area contributed by atoms with Crippen LogP contribution < -0.4 is 9.47 Å². The van der Waals surface area contributed by atoms with Gasteiger partial charge >= 0.3 is 0 Å². The highest BCUT2D eigenvalue weighted by molar-refractivity contribution is 6.30. The topological polar surface area (TPSA) is 30.8 Å². The minimum Gasteiger partial charge on any atom is -0.465 e. The van der Waals surface area contributed by atoms with Gasteiger partial charge in [-0.05, 0) is 48.5 Å². The number of benzene rings is 3. The SMILES string of the molecule is Clc1ccc(N=C(C=COc2ccccc2)Oc2ccccc2)cc1. The van der Waals surface area contributed by atoms with Crippen molar-refractivity contribution in [2.24, 2.45) is 4.99 Å². The standard InChI is InChI=1S/C21H16ClNO2/c22-17-11-13-18(14-12-17)23-21(25-20-9-5-2-6-10-20)15-16-24-19-7-3-1-4-8-19/h1-16H. The monoisotopic (exact) mass is 349 g/mol. The number of ether oxygens (including phenoxy) is 2. The number of halogens is 1. The molecule has 0 saturated carbocycles. The van der Waals surface area contributed by atoms with Crippen LogP contribution in [0.1, 0.15) is 0 Å². The van der Waals surface area contributed by atoms with Gasteiger partial charge < -0.3 is 9.47 Å². The Bertz CT molecular complexity index is 844. The Labute approximate surface area is 151 Å². The summed E-state index contributed by atoms with van der Waals surface area (Å²) < 4.78 is 11.4. The van der Waals surface area contributed by atoms with Crippen LogP contribution in [0.3, 0.4) is 0 Å². The molecular weight excluding hydrogens is 334 g/mol. The molecule has 0 radical (unpaired) electrons. The van der Waals surface area contributed by atoms with Gasteiger partial charge in [0.25, 0.3) is 0 Å². The number of hydrogen-bond acceptors (Lipinski definition) is 3. The Hall–Kier alpha value is -3.04. The smallest absolute Gasteiger partial charge is 0.222 e. The molecule has 4 heteroatoms. The first-order valence-corrected chi connectivity index (χ1v) is 8.13. The maximum absolute atomic E-state index is 5.92. The number of nitrogens with zero attached hydrogens (tertiary/aromatic N) is 1. The molecule has 0 atom stereocenters. The first kappa shape index (κ1) is 16.8. The van der Waals surface area contributed by atoms with Gasteiger partial charge in [-0.3, -0.25) is 0 Å². The fourth-order valence-corrected chi connectivity index (χ4v) is 2.14. The number of rotatable bonds is 5. The average molecular weight is 350 g/mol. The second kappa shape index (κ2) is 8.71. The second-order valence-corrected chi connectivity index (χ2v) is 5.51. The molecule has 25 heavy (non-hydrogen) atoms. The quantitative estimate of drug-likeness (QED) is 0.319. The molecule has 3 aromatic rings. The summed E-state index contributed by atoms with van der Waals surface area (Å²) in [7, 11) is 0. The maximum Gasteiger partial charge on any atom is 0.222 e. The lowest BCUT2D eigenvalue weighted by molar-refractivity contribution is 0.479. The molecule has 0 amide bonds. The fraction of sp³-hybridized carbons (Fsp3) is 0. The van der Waals surface area contributed by atoms with Gasteiger partial charge in [0, 0.05) is 11.1 Å². The molecule has 0 aromatic heterocycles. The van der Waals surface area contributed by atoms with Crippen molar-refractivity contribution in [1.82, 2.24) is 0 Å². The summed E-state index contributed by atoms with van der Waals surface area (Å²) in [6.45, 7) is 0. The Balaban J connectivity index is 1.79. The summed E-state index contributed by atoms with van der Waals surface area (Å²) in [4.78, 5) is 4.50. The van der Waals surface area contributed by atoms with E-state index in [4.69, 9.17) is 21.1 Å². The average Bonchev–Trinajstić information content (AvgIpc) is 2.65. The van der Waals surface area contributed by atoms with Gasteiger partial charge in [-0.1, -0.05) is 48.0 Å². The van der Waals surface area contributed by atoms with Gasteiger partial charge in [-0.25, -0.2) is 4.99 Å². The summed E-state index contributed by atoms with van der Waals surface area (Å²) in [5, 5.41) is 0.660. The van der Waals surface area contributed by atoms with Crippen molar-refractivity contribution in [2.75, 3.05) is 0 Å². The first-order chi connectivity index (χ1) is 12.3. The molecule has 0 aliphatic rings. The molecule has 0 bridgehead atoms. The third-order valence-corrected chi connectivity index (χ3v) is 3.44. The van der Waals surface area contributed by atoms with E-state index in [1.807, 2.05) is 72.8 Å². The van der Waals surface area contributed by atoms with E-state index in [2.05, 4.69) is 4.99 Å². The van der Waals surface area contributed by atoms with Gasteiger partial charge in [0.15, 0.2) is 0 Å². The van der Waals surface area contributed by atoms with Crippen LogP contribution in [0.2, 0.25) is 5.02 Å². The molecule has 3 rings (SSSR count). The zero-order valence-electron chi connectivity index (χ0n) is 13.4. The van der Waals surface area contributed by atoms with Gasteiger partial charge in [0.05, 0.1) is 11.9 Å².